The van der Waals surface area contributed by atoms with Crippen LogP contribution in [0, 0.1) is 11.6 Å². The molecule has 0 radical (unpaired) electrons. The Morgan fingerprint density at radius 1 is 1.00 bits per heavy atom. The number of imide groups is 1. The second-order valence-corrected chi connectivity index (χ2v) is 6.73. The topological polar surface area (TPSA) is 81.8 Å². The van der Waals surface area contributed by atoms with Crippen LogP contribution in [-0.2, 0) is 9.59 Å². The molecule has 2 unspecified atom stereocenters. The molecule has 4 amide bonds. The second-order valence-electron chi connectivity index (χ2n) is 6.73. The first-order chi connectivity index (χ1) is 13.8. The Balaban J connectivity index is 1.56. The average Bonchev–Trinajstić information content (AvgIpc) is 3.01. The number of amides is 4. The molecule has 1 fully saturated rings. The van der Waals surface area contributed by atoms with E-state index in [9.17, 15) is 23.2 Å². The summed E-state index contributed by atoms with van der Waals surface area (Å²) in [6, 6.07) is 7.81. The Labute approximate surface area is 164 Å². The van der Waals surface area contributed by atoms with Crippen molar-refractivity contribution < 1.29 is 23.2 Å². The van der Waals surface area contributed by atoms with Gasteiger partial charge in [0.25, 0.3) is 11.8 Å². The third-order valence-electron chi connectivity index (χ3n) is 4.84. The quantitative estimate of drug-likeness (QED) is 0.831. The molecule has 0 aromatic heterocycles. The van der Waals surface area contributed by atoms with E-state index in [1.165, 1.54) is 42.6 Å². The molecular weight excluding hydrogens is 382 g/mol. The molecule has 2 heterocycles. The van der Waals surface area contributed by atoms with Crippen LogP contribution in [-0.4, -0.2) is 41.9 Å². The van der Waals surface area contributed by atoms with E-state index in [0.29, 0.717) is 5.69 Å². The van der Waals surface area contributed by atoms with Crippen molar-refractivity contribution in [1.29, 1.82) is 0 Å². The molecule has 1 saturated heterocycles. The van der Waals surface area contributed by atoms with E-state index >= 15 is 0 Å². The maximum atomic E-state index is 13.2. The summed E-state index contributed by atoms with van der Waals surface area (Å²) in [6.45, 7) is 0. The van der Waals surface area contributed by atoms with Gasteiger partial charge in [-0.25, -0.2) is 18.5 Å². The summed E-state index contributed by atoms with van der Waals surface area (Å²) in [4.78, 5) is 40.7. The highest BCUT2D eigenvalue weighted by atomic mass is 19.1. The van der Waals surface area contributed by atoms with Crippen molar-refractivity contribution in [3.63, 3.8) is 0 Å². The molecule has 0 bridgehead atoms. The zero-order valence-corrected chi connectivity index (χ0v) is 15.2. The van der Waals surface area contributed by atoms with Crippen molar-refractivity contribution in [2.45, 2.75) is 12.1 Å². The highest BCUT2D eigenvalue weighted by Crippen LogP contribution is 2.30. The fraction of sp³-hybridized carbons (Fsp3) is 0.150. The van der Waals surface area contributed by atoms with Gasteiger partial charge in [-0.05, 0) is 48.5 Å². The van der Waals surface area contributed by atoms with Gasteiger partial charge in [-0.15, -0.1) is 0 Å². The molecule has 2 aromatic rings. The van der Waals surface area contributed by atoms with E-state index in [-0.39, 0.29) is 11.3 Å². The second kappa shape index (κ2) is 7.01. The minimum absolute atomic E-state index is 0.197. The van der Waals surface area contributed by atoms with Crippen LogP contribution in [0.5, 0.6) is 0 Å². The Hall–Kier alpha value is -3.75. The van der Waals surface area contributed by atoms with Crippen molar-refractivity contribution in [1.82, 2.24) is 10.2 Å². The van der Waals surface area contributed by atoms with Crippen molar-refractivity contribution in [2.24, 2.45) is 0 Å². The number of benzene rings is 2. The number of halogens is 2. The normalized spacial score (nSPS) is 20.9. The molecule has 2 aliphatic heterocycles. The van der Waals surface area contributed by atoms with Gasteiger partial charge >= 0.3 is 6.03 Å². The molecule has 7 nitrogen and oxygen atoms in total. The minimum atomic E-state index is -0.850. The number of fused-ring (bicyclic) bond motifs is 1. The first kappa shape index (κ1) is 18.6. The molecular formula is C20H16F2N4O3. The first-order valence-electron chi connectivity index (χ1n) is 8.76. The van der Waals surface area contributed by atoms with E-state index in [0.717, 1.165) is 17.0 Å². The molecule has 0 spiro atoms. The molecule has 0 aliphatic carbocycles. The van der Waals surface area contributed by atoms with Gasteiger partial charge in [0, 0.05) is 18.9 Å². The Bertz CT molecular complexity index is 1020. The van der Waals surface area contributed by atoms with Crippen LogP contribution in [0.1, 0.15) is 0 Å². The summed E-state index contributed by atoms with van der Waals surface area (Å²) < 4.78 is 26.2. The van der Waals surface area contributed by atoms with Crippen molar-refractivity contribution in [3.05, 3.63) is 71.9 Å². The number of carbonyl (C=O) groups excluding carboxylic acids is 3. The third-order valence-corrected chi connectivity index (χ3v) is 4.84. The fourth-order valence-electron chi connectivity index (χ4n) is 3.46. The number of urea groups is 1. The van der Waals surface area contributed by atoms with Gasteiger partial charge in [0.1, 0.15) is 17.7 Å². The van der Waals surface area contributed by atoms with Crippen LogP contribution in [0.3, 0.4) is 0 Å². The first-order valence-corrected chi connectivity index (χ1v) is 8.76. The zero-order valence-electron chi connectivity index (χ0n) is 15.2. The Morgan fingerprint density at radius 3 is 2.21 bits per heavy atom. The molecule has 2 atom stereocenters. The number of nitrogens with zero attached hydrogens (tertiary/aromatic N) is 2. The molecule has 148 valence electrons. The minimum Gasteiger partial charge on any atom is -0.366 e. The summed E-state index contributed by atoms with van der Waals surface area (Å²) >= 11 is 0. The highest BCUT2D eigenvalue weighted by Gasteiger charge is 2.49. The van der Waals surface area contributed by atoms with Crippen LogP contribution >= 0.6 is 0 Å². The number of hydrogen-bond acceptors (Lipinski definition) is 4. The number of hydrogen-bond donors (Lipinski definition) is 2. The summed E-state index contributed by atoms with van der Waals surface area (Å²) in [6.07, 6.45) is 1.49. The van der Waals surface area contributed by atoms with Crippen LogP contribution in [0.25, 0.3) is 0 Å². The number of nitrogens with one attached hydrogen (secondary N) is 2. The van der Waals surface area contributed by atoms with Gasteiger partial charge in [0.15, 0.2) is 0 Å². The van der Waals surface area contributed by atoms with Gasteiger partial charge in [0.05, 0.1) is 17.3 Å². The van der Waals surface area contributed by atoms with Crippen LogP contribution in [0.4, 0.5) is 25.0 Å². The lowest BCUT2D eigenvalue weighted by Crippen LogP contribution is -2.65. The van der Waals surface area contributed by atoms with E-state index in [1.807, 2.05) is 0 Å². The number of likely N-dealkylation sites (N-methyl/N-ethyl adjacent to an activating group) is 1. The molecule has 4 rings (SSSR count). The monoisotopic (exact) mass is 398 g/mol. The maximum Gasteiger partial charge on any atom is 0.329 e. The van der Waals surface area contributed by atoms with Gasteiger partial charge in [-0.3, -0.25) is 9.59 Å². The number of carbonyl (C=O) groups is 3. The van der Waals surface area contributed by atoms with Crippen molar-refractivity contribution in [2.75, 3.05) is 17.3 Å². The van der Waals surface area contributed by atoms with E-state index in [4.69, 9.17) is 0 Å². The maximum absolute atomic E-state index is 13.2. The van der Waals surface area contributed by atoms with Gasteiger partial charge < -0.3 is 15.5 Å². The summed E-state index contributed by atoms with van der Waals surface area (Å²) in [5, 5.41) is 5.29. The van der Waals surface area contributed by atoms with Crippen molar-refractivity contribution >= 4 is 29.2 Å². The van der Waals surface area contributed by atoms with Gasteiger partial charge in [-0.2, -0.15) is 0 Å². The average molecular weight is 398 g/mol. The zero-order chi connectivity index (χ0) is 20.7. The van der Waals surface area contributed by atoms with E-state index < -0.39 is 41.6 Å². The molecule has 29 heavy (non-hydrogen) atoms. The lowest BCUT2D eigenvalue weighted by Gasteiger charge is -2.37. The third kappa shape index (κ3) is 3.31. The van der Waals surface area contributed by atoms with Crippen LogP contribution < -0.4 is 15.5 Å². The van der Waals surface area contributed by atoms with Crippen LogP contribution in [0.2, 0.25) is 0 Å². The summed E-state index contributed by atoms with van der Waals surface area (Å²) in [5.74, 6) is -1.97. The smallest absolute Gasteiger partial charge is 0.329 e. The predicted molar refractivity (Wildman–Crippen MR) is 101 cm³/mol. The number of rotatable bonds is 3. The lowest BCUT2D eigenvalue weighted by atomic mass is 9.99. The molecule has 2 aliphatic rings. The fourth-order valence-corrected chi connectivity index (χ4v) is 3.46. The molecule has 9 heteroatoms. The summed E-state index contributed by atoms with van der Waals surface area (Å²) in [7, 11) is 1.62. The summed E-state index contributed by atoms with van der Waals surface area (Å²) in [5.41, 5.74) is 0.803. The standard InChI is InChI=1S/C20H16F2N4O3/c1-25-10-15(18(27)23-13-6-2-11(21)3-7-13)16-17(25)19(28)26(20(29)24-16)14-8-4-12(22)5-9-14/h2-10,16-17H,1H3,(H,23,27)(H,24,29). The van der Waals surface area contributed by atoms with E-state index in [1.54, 1.807) is 11.9 Å². The Morgan fingerprint density at radius 2 is 1.59 bits per heavy atom. The van der Waals surface area contributed by atoms with Crippen molar-refractivity contribution in [3.8, 4) is 0 Å². The highest BCUT2D eigenvalue weighted by molar-refractivity contribution is 6.20. The Kier molecular flexibility index (Phi) is 4.50. The number of anilines is 2. The SMILES string of the molecule is CN1C=C(C(=O)Nc2ccc(F)cc2)C2NC(=O)N(c3ccc(F)cc3)C(=O)C21. The predicted octanol–water partition coefficient (Wildman–Crippen LogP) is 2.23. The lowest BCUT2D eigenvalue weighted by molar-refractivity contribution is -0.122. The molecule has 2 N–H and O–H groups in total. The van der Waals surface area contributed by atoms with Gasteiger partial charge in [0.2, 0.25) is 0 Å². The molecule has 2 aromatic carbocycles. The largest absolute Gasteiger partial charge is 0.366 e. The van der Waals surface area contributed by atoms with E-state index in [2.05, 4.69) is 10.6 Å². The van der Waals surface area contributed by atoms with Gasteiger partial charge in [-0.1, -0.05) is 0 Å². The molecule has 0 saturated carbocycles. The van der Waals surface area contributed by atoms with Crippen LogP contribution in [0.15, 0.2) is 60.3 Å².